The third kappa shape index (κ3) is 7.88. The summed E-state index contributed by atoms with van der Waals surface area (Å²) in [7, 11) is 1.63. The van der Waals surface area contributed by atoms with Gasteiger partial charge in [-0.2, -0.15) is 0 Å². The Morgan fingerprint density at radius 1 is 1.21 bits per heavy atom. The smallest absolute Gasteiger partial charge is 0.251 e. The largest absolute Gasteiger partial charge is 0.497 e. The first kappa shape index (κ1) is 22.2. The maximum atomic E-state index is 12.5. The van der Waals surface area contributed by atoms with Crippen molar-refractivity contribution in [2.24, 2.45) is 4.99 Å². The van der Waals surface area contributed by atoms with Crippen LogP contribution in [-0.2, 0) is 0 Å². The summed E-state index contributed by atoms with van der Waals surface area (Å²) in [6.45, 7) is 6.47. The standard InChI is InChI=1S/C20H32F2N4O2/c1-4-23-20(25-16-9-11-26(12-10-16)14-19(21)22)24-13-15(2)28-18-7-5-17(27-3)6-8-18/h5-8,15-16,19H,4,9-14H2,1-3H3,(H2,23,24,25). The van der Waals surface area contributed by atoms with Crippen LogP contribution in [0.15, 0.2) is 29.3 Å². The summed E-state index contributed by atoms with van der Waals surface area (Å²) in [6, 6.07) is 7.70. The van der Waals surface area contributed by atoms with Crippen LogP contribution in [0.1, 0.15) is 26.7 Å². The molecule has 0 spiro atoms. The Balaban J connectivity index is 1.80. The Morgan fingerprint density at radius 2 is 1.86 bits per heavy atom. The number of hydrogen-bond acceptors (Lipinski definition) is 4. The van der Waals surface area contributed by atoms with Crippen molar-refractivity contribution in [2.75, 3.05) is 39.8 Å². The second-order valence-corrected chi connectivity index (χ2v) is 6.93. The van der Waals surface area contributed by atoms with Crippen molar-refractivity contribution in [1.29, 1.82) is 0 Å². The van der Waals surface area contributed by atoms with Crippen molar-refractivity contribution in [1.82, 2.24) is 15.5 Å². The van der Waals surface area contributed by atoms with Gasteiger partial charge in [-0.25, -0.2) is 13.8 Å². The van der Waals surface area contributed by atoms with Crippen LogP contribution in [-0.4, -0.2) is 69.3 Å². The molecule has 1 aromatic rings. The molecule has 1 unspecified atom stereocenters. The van der Waals surface area contributed by atoms with Gasteiger partial charge in [-0.05, 0) is 51.0 Å². The lowest BCUT2D eigenvalue weighted by molar-refractivity contribution is 0.0744. The van der Waals surface area contributed by atoms with Gasteiger partial charge in [-0.3, -0.25) is 4.90 Å². The number of aliphatic imine (C=N–C) groups is 1. The number of benzene rings is 1. The maximum absolute atomic E-state index is 12.5. The second kappa shape index (κ2) is 11.7. The van der Waals surface area contributed by atoms with Crippen molar-refractivity contribution in [2.45, 2.75) is 45.3 Å². The average Bonchev–Trinajstić information content (AvgIpc) is 2.68. The van der Waals surface area contributed by atoms with Gasteiger partial charge in [0, 0.05) is 25.7 Å². The summed E-state index contributed by atoms with van der Waals surface area (Å²) in [5.41, 5.74) is 0. The molecule has 0 aliphatic carbocycles. The Hall–Kier alpha value is -2.09. The van der Waals surface area contributed by atoms with Gasteiger partial charge in [0.15, 0.2) is 5.96 Å². The number of methoxy groups -OCH3 is 1. The molecule has 0 radical (unpaired) electrons. The molecule has 2 N–H and O–H groups in total. The number of alkyl halides is 2. The number of halogens is 2. The van der Waals surface area contributed by atoms with Gasteiger partial charge >= 0.3 is 0 Å². The van der Waals surface area contributed by atoms with Crippen LogP contribution in [0.25, 0.3) is 0 Å². The lowest BCUT2D eigenvalue weighted by atomic mass is 10.1. The molecule has 28 heavy (non-hydrogen) atoms. The van der Waals surface area contributed by atoms with Crippen molar-refractivity contribution < 1.29 is 18.3 Å². The van der Waals surface area contributed by atoms with E-state index in [4.69, 9.17) is 9.47 Å². The van der Waals surface area contributed by atoms with E-state index >= 15 is 0 Å². The van der Waals surface area contributed by atoms with Crippen molar-refractivity contribution in [3.63, 3.8) is 0 Å². The van der Waals surface area contributed by atoms with Gasteiger partial charge in [0.1, 0.15) is 17.6 Å². The van der Waals surface area contributed by atoms with Gasteiger partial charge in [-0.15, -0.1) is 0 Å². The van der Waals surface area contributed by atoms with Crippen LogP contribution in [0, 0.1) is 0 Å². The molecule has 1 saturated heterocycles. The Morgan fingerprint density at radius 3 is 2.43 bits per heavy atom. The highest BCUT2D eigenvalue weighted by Gasteiger charge is 2.22. The number of hydrogen-bond donors (Lipinski definition) is 2. The minimum Gasteiger partial charge on any atom is -0.497 e. The van der Waals surface area contributed by atoms with Crippen molar-refractivity contribution in [3.05, 3.63) is 24.3 Å². The number of nitrogens with zero attached hydrogens (tertiary/aromatic N) is 2. The first-order chi connectivity index (χ1) is 13.5. The third-order valence-electron chi connectivity index (χ3n) is 4.57. The Bertz CT molecular complexity index is 590. The molecule has 0 amide bonds. The SMILES string of the molecule is CCNC(=NCC(C)Oc1ccc(OC)cc1)NC1CCN(CC(F)F)CC1. The molecule has 8 heteroatoms. The molecular weight excluding hydrogens is 366 g/mol. The Labute approximate surface area is 166 Å². The number of nitrogens with one attached hydrogen (secondary N) is 2. The van der Waals surface area contributed by atoms with Crippen molar-refractivity contribution in [3.8, 4) is 11.5 Å². The van der Waals surface area contributed by atoms with Gasteiger partial charge in [0.25, 0.3) is 6.43 Å². The first-order valence-electron chi connectivity index (χ1n) is 9.86. The summed E-state index contributed by atoms with van der Waals surface area (Å²) in [5, 5.41) is 6.66. The zero-order valence-electron chi connectivity index (χ0n) is 17.0. The quantitative estimate of drug-likeness (QED) is 0.495. The monoisotopic (exact) mass is 398 g/mol. The van der Waals surface area contributed by atoms with Crippen LogP contribution in [0.4, 0.5) is 8.78 Å². The third-order valence-corrected chi connectivity index (χ3v) is 4.57. The fourth-order valence-corrected chi connectivity index (χ4v) is 3.11. The predicted molar refractivity (Wildman–Crippen MR) is 108 cm³/mol. The van der Waals surface area contributed by atoms with E-state index in [1.54, 1.807) is 7.11 Å². The van der Waals surface area contributed by atoms with E-state index in [0.717, 1.165) is 36.8 Å². The van der Waals surface area contributed by atoms with Crippen LogP contribution in [0.3, 0.4) is 0 Å². The molecule has 1 aromatic carbocycles. The highest BCUT2D eigenvalue weighted by Crippen LogP contribution is 2.18. The molecule has 1 heterocycles. The number of likely N-dealkylation sites (tertiary alicyclic amines) is 1. The van der Waals surface area contributed by atoms with E-state index in [1.165, 1.54) is 0 Å². The van der Waals surface area contributed by atoms with Crippen LogP contribution in [0.2, 0.25) is 0 Å². The predicted octanol–water partition coefficient (Wildman–Crippen LogP) is 2.75. The van der Waals surface area contributed by atoms with Gasteiger partial charge in [-0.1, -0.05) is 0 Å². The summed E-state index contributed by atoms with van der Waals surface area (Å²) in [4.78, 5) is 6.43. The van der Waals surface area contributed by atoms with Gasteiger partial charge < -0.3 is 20.1 Å². The van der Waals surface area contributed by atoms with E-state index in [9.17, 15) is 8.78 Å². The molecular formula is C20H32F2N4O2. The Kier molecular flexibility index (Phi) is 9.27. The highest BCUT2D eigenvalue weighted by atomic mass is 19.3. The topological polar surface area (TPSA) is 58.1 Å². The summed E-state index contributed by atoms with van der Waals surface area (Å²) < 4.78 is 36.0. The van der Waals surface area contributed by atoms with E-state index in [0.29, 0.717) is 19.6 Å². The molecule has 0 saturated carbocycles. The molecule has 2 rings (SSSR count). The van der Waals surface area contributed by atoms with Crippen LogP contribution < -0.4 is 20.1 Å². The summed E-state index contributed by atoms with van der Waals surface area (Å²) in [6.07, 6.45) is -0.698. The lowest BCUT2D eigenvalue weighted by Gasteiger charge is -2.32. The first-order valence-corrected chi connectivity index (χ1v) is 9.86. The summed E-state index contributed by atoms with van der Waals surface area (Å²) in [5.74, 6) is 2.30. The average molecular weight is 398 g/mol. The molecule has 1 aliphatic rings. The highest BCUT2D eigenvalue weighted by molar-refractivity contribution is 5.80. The van der Waals surface area contributed by atoms with E-state index in [2.05, 4.69) is 15.6 Å². The summed E-state index contributed by atoms with van der Waals surface area (Å²) >= 11 is 0. The normalized spacial score (nSPS) is 17.4. The molecule has 0 bridgehead atoms. The minimum absolute atomic E-state index is 0.0864. The zero-order valence-corrected chi connectivity index (χ0v) is 17.0. The number of piperidine rings is 1. The second-order valence-electron chi connectivity index (χ2n) is 6.93. The molecule has 1 atom stereocenters. The number of ether oxygens (including phenoxy) is 2. The molecule has 0 aromatic heterocycles. The fourth-order valence-electron chi connectivity index (χ4n) is 3.11. The maximum Gasteiger partial charge on any atom is 0.251 e. The van der Waals surface area contributed by atoms with E-state index < -0.39 is 6.43 Å². The van der Waals surface area contributed by atoms with Crippen molar-refractivity contribution >= 4 is 5.96 Å². The molecule has 1 aliphatic heterocycles. The number of rotatable bonds is 9. The molecule has 6 nitrogen and oxygen atoms in total. The van der Waals surface area contributed by atoms with Crippen LogP contribution in [0.5, 0.6) is 11.5 Å². The minimum atomic E-state index is -2.27. The number of guanidine groups is 1. The molecule has 158 valence electrons. The van der Waals surface area contributed by atoms with Gasteiger partial charge in [0.05, 0.1) is 20.2 Å². The molecule has 1 fully saturated rings. The lowest BCUT2D eigenvalue weighted by Crippen LogP contribution is -2.49. The van der Waals surface area contributed by atoms with E-state index in [1.807, 2.05) is 43.0 Å². The zero-order chi connectivity index (χ0) is 20.4. The fraction of sp³-hybridized carbons (Fsp3) is 0.650. The van der Waals surface area contributed by atoms with Crippen LogP contribution >= 0.6 is 0 Å². The van der Waals surface area contributed by atoms with Gasteiger partial charge in [0.2, 0.25) is 0 Å². The van der Waals surface area contributed by atoms with E-state index in [-0.39, 0.29) is 18.7 Å².